The number of nitrogens with zero attached hydrogens (tertiary/aromatic N) is 3. The molecular weight excluding hydrogens is 629 g/mol. The highest BCUT2D eigenvalue weighted by molar-refractivity contribution is 7.93. The number of benzene rings is 3. The number of sulfonamides is 2. The number of carbonyl (C=O) groups is 1. The van der Waals surface area contributed by atoms with Crippen molar-refractivity contribution in [2.75, 3.05) is 61.5 Å². The molecular formula is C33H40N4O7S2. The van der Waals surface area contributed by atoms with Crippen LogP contribution >= 0.6 is 0 Å². The zero-order chi connectivity index (χ0) is 33.1. The third-order valence-electron chi connectivity index (χ3n) is 8.32. The van der Waals surface area contributed by atoms with Crippen LogP contribution in [0.5, 0.6) is 11.5 Å². The summed E-state index contributed by atoms with van der Waals surface area (Å²) in [6, 6.07) is 15.2. The van der Waals surface area contributed by atoms with Gasteiger partial charge >= 0.3 is 0 Å². The van der Waals surface area contributed by atoms with Gasteiger partial charge in [0, 0.05) is 38.8 Å². The molecule has 1 N–H and O–H groups in total. The topological polar surface area (TPSA) is 126 Å². The van der Waals surface area contributed by atoms with Gasteiger partial charge in [0.2, 0.25) is 15.9 Å². The van der Waals surface area contributed by atoms with Crippen molar-refractivity contribution < 1.29 is 31.1 Å². The van der Waals surface area contributed by atoms with Crippen molar-refractivity contribution in [3.05, 3.63) is 71.8 Å². The van der Waals surface area contributed by atoms with E-state index in [1.807, 2.05) is 12.1 Å². The van der Waals surface area contributed by atoms with Crippen LogP contribution in [0.1, 0.15) is 37.8 Å². The van der Waals surface area contributed by atoms with Gasteiger partial charge < -0.3 is 19.7 Å². The summed E-state index contributed by atoms with van der Waals surface area (Å²) in [5, 5.41) is 2.86. The summed E-state index contributed by atoms with van der Waals surface area (Å²) in [6.45, 7) is 6.09. The Kier molecular flexibility index (Phi) is 9.94. The second-order valence-corrected chi connectivity index (χ2v) is 14.8. The fourth-order valence-corrected chi connectivity index (χ4v) is 9.18. The van der Waals surface area contributed by atoms with Crippen LogP contribution in [-0.2, 0) is 31.3 Å². The van der Waals surface area contributed by atoms with Gasteiger partial charge in [-0.25, -0.2) is 16.8 Å². The minimum Gasteiger partial charge on any atom is -0.493 e. The van der Waals surface area contributed by atoms with E-state index < -0.39 is 26.0 Å². The fourth-order valence-electron chi connectivity index (χ4n) is 5.98. The number of hydrogen-bond acceptors (Lipinski definition) is 8. The van der Waals surface area contributed by atoms with Crippen molar-refractivity contribution in [2.45, 2.75) is 42.9 Å². The molecule has 0 unspecified atom stereocenters. The Morgan fingerprint density at radius 3 is 2.30 bits per heavy atom. The summed E-state index contributed by atoms with van der Waals surface area (Å²) < 4.78 is 68.2. The summed E-state index contributed by atoms with van der Waals surface area (Å²) in [5.74, 6) is -0.248. The van der Waals surface area contributed by atoms with Crippen molar-refractivity contribution in [3.8, 4) is 11.5 Å². The molecule has 0 spiro atoms. The Morgan fingerprint density at radius 2 is 1.63 bits per heavy atom. The quantitative estimate of drug-likeness (QED) is 0.275. The largest absolute Gasteiger partial charge is 0.493 e. The number of carbonyl (C=O) groups excluding carboxylic acids is 1. The lowest BCUT2D eigenvalue weighted by Gasteiger charge is -2.24. The van der Waals surface area contributed by atoms with Crippen LogP contribution in [-0.4, -0.2) is 74.0 Å². The van der Waals surface area contributed by atoms with Gasteiger partial charge in [-0.1, -0.05) is 32.0 Å². The Hall–Kier alpha value is -4.07. The molecule has 11 nitrogen and oxygen atoms in total. The second kappa shape index (κ2) is 13.7. The third kappa shape index (κ3) is 6.44. The summed E-state index contributed by atoms with van der Waals surface area (Å²) in [4.78, 5) is 15.4. The number of para-hydroxylation sites is 1. The molecule has 0 saturated carbocycles. The molecule has 246 valence electrons. The molecule has 0 atom stereocenters. The zero-order valence-corrected chi connectivity index (χ0v) is 28.2. The minimum absolute atomic E-state index is 0.0648. The summed E-state index contributed by atoms with van der Waals surface area (Å²) in [5.41, 5.74) is 3.07. The molecule has 3 aromatic rings. The molecule has 1 fully saturated rings. The van der Waals surface area contributed by atoms with Crippen LogP contribution in [0.4, 0.5) is 17.1 Å². The van der Waals surface area contributed by atoms with Crippen LogP contribution in [0.15, 0.2) is 70.5 Å². The first-order chi connectivity index (χ1) is 22.0. The molecule has 3 aromatic carbocycles. The third-order valence-corrected chi connectivity index (χ3v) is 12.2. The second-order valence-electron chi connectivity index (χ2n) is 11.0. The maximum absolute atomic E-state index is 14.0. The number of ether oxygens (including phenoxy) is 2. The van der Waals surface area contributed by atoms with E-state index in [0.29, 0.717) is 36.4 Å². The molecule has 46 heavy (non-hydrogen) atoms. The van der Waals surface area contributed by atoms with Crippen molar-refractivity contribution in [1.29, 1.82) is 0 Å². The Labute approximate surface area is 271 Å². The molecule has 0 aliphatic carbocycles. The SMILES string of the molecule is CCN(CC)S(=O)(=O)c1ccc(N2CCCC2)c(NC(=O)/C=C/c2cc(OC)c(OC)c(S(=O)(=O)N3CCc4ccccc43)c2)c1. The maximum Gasteiger partial charge on any atom is 0.268 e. The number of amides is 1. The van der Waals surface area contributed by atoms with Gasteiger partial charge in [0.05, 0.1) is 36.2 Å². The average Bonchev–Trinajstić information content (AvgIpc) is 3.75. The first-order valence-corrected chi connectivity index (χ1v) is 18.2. The van der Waals surface area contributed by atoms with E-state index in [9.17, 15) is 21.6 Å². The van der Waals surface area contributed by atoms with E-state index >= 15 is 0 Å². The minimum atomic E-state index is -4.06. The highest BCUT2D eigenvalue weighted by Crippen LogP contribution is 2.41. The maximum atomic E-state index is 14.0. The van der Waals surface area contributed by atoms with Crippen LogP contribution in [0.25, 0.3) is 6.08 Å². The number of rotatable bonds is 12. The number of fused-ring (bicyclic) bond motifs is 1. The first-order valence-electron chi connectivity index (χ1n) is 15.3. The van der Waals surface area contributed by atoms with Crippen molar-refractivity contribution in [2.24, 2.45) is 0 Å². The summed E-state index contributed by atoms with van der Waals surface area (Å²) in [6.07, 6.45) is 5.36. The molecule has 2 aliphatic heterocycles. The van der Waals surface area contributed by atoms with Gasteiger partial charge in [0.1, 0.15) is 4.90 Å². The van der Waals surface area contributed by atoms with Crippen LogP contribution in [0, 0.1) is 0 Å². The summed E-state index contributed by atoms with van der Waals surface area (Å²) in [7, 11) is -5.02. The molecule has 1 amide bonds. The van der Waals surface area contributed by atoms with E-state index in [-0.39, 0.29) is 27.8 Å². The molecule has 1 saturated heterocycles. The van der Waals surface area contributed by atoms with E-state index in [1.165, 1.54) is 47.1 Å². The number of hydrogen-bond donors (Lipinski definition) is 1. The molecule has 2 heterocycles. The molecule has 0 bridgehead atoms. The molecule has 0 aromatic heterocycles. The smallest absolute Gasteiger partial charge is 0.268 e. The van der Waals surface area contributed by atoms with E-state index in [0.717, 1.165) is 37.2 Å². The van der Waals surface area contributed by atoms with Crippen LogP contribution in [0.2, 0.25) is 0 Å². The monoisotopic (exact) mass is 668 g/mol. The standard InChI is InChI=1S/C33H40N4O7S2/c1-5-36(6-2)45(39,40)26-14-15-29(35-18-9-10-19-35)27(23-26)34-32(38)16-13-24-21-30(43-3)33(44-4)31(22-24)46(41,42)37-20-17-25-11-7-8-12-28(25)37/h7-8,11-16,21-23H,5-6,9-10,17-20H2,1-4H3,(H,34,38)/b16-13+. The lowest BCUT2D eigenvalue weighted by atomic mass is 10.1. The number of nitrogens with one attached hydrogen (secondary N) is 1. The number of anilines is 3. The Morgan fingerprint density at radius 1 is 0.913 bits per heavy atom. The normalized spacial score (nSPS) is 15.1. The van der Waals surface area contributed by atoms with Crippen LogP contribution < -0.4 is 24.0 Å². The van der Waals surface area contributed by atoms with E-state index in [4.69, 9.17) is 9.47 Å². The summed E-state index contributed by atoms with van der Waals surface area (Å²) >= 11 is 0. The molecule has 13 heteroatoms. The van der Waals surface area contributed by atoms with Gasteiger partial charge in [0.15, 0.2) is 11.5 Å². The molecule has 2 aliphatic rings. The van der Waals surface area contributed by atoms with E-state index in [2.05, 4.69) is 10.2 Å². The average molecular weight is 669 g/mol. The zero-order valence-electron chi connectivity index (χ0n) is 26.5. The van der Waals surface area contributed by atoms with E-state index in [1.54, 1.807) is 44.2 Å². The van der Waals surface area contributed by atoms with Crippen molar-refractivity contribution in [3.63, 3.8) is 0 Å². The predicted octanol–water partition coefficient (Wildman–Crippen LogP) is 4.74. The highest BCUT2D eigenvalue weighted by atomic mass is 32.2. The van der Waals surface area contributed by atoms with Gasteiger partial charge in [-0.3, -0.25) is 9.10 Å². The lowest BCUT2D eigenvalue weighted by Crippen LogP contribution is -2.31. The lowest BCUT2D eigenvalue weighted by molar-refractivity contribution is -0.111. The van der Waals surface area contributed by atoms with Crippen molar-refractivity contribution >= 4 is 49.1 Å². The van der Waals surface area contributed by atoms with Gasteiger partial charge in [-0.05, 0) is 72.9 Å². The van der Waals surface area contributed by atoms with Gasteiger partial charge in [-0.2, -0.15) is 4.31 Å². The fraction of sp³-hybridized carbons (Fsp3) is 0.364. The Balaban J connectivity index is 1.47. The molecule has 5 rings (SSSR count). The van der Waals surface area contributed by atoms with Gasteiger partial charge in [0.25, 0.3) is 10.0 Å². The predicted molar refractivity (Wildman–Crippen MR) is 180 cm³/mol. The highest BCUT2D eigenvalue weighted by Gasteiger charge is 2.34. The number of methoxy groups -OCH3 is 2. The van der Waals surface area contributed by atoms with Gasteiger partial charge in [-0.15, -0.1) is 0 Å². The molecule has 0 radical (unpaired) electrons. The van der Waals surface area contributed by atoms with Crippen molar-refractivity contribution in [1.82, 2.24) is 4.31 Å². The van der Waals surface area contributed by atoms with Crippen LogP contribution in [0.3, 0.4) is 0 Å². The first kappa shape index (κ1) is 33.3. The Bertz CT molecular complexity index is 1850.